The number of hydrogen-bond acceptors (Lipinski definition) is 2. The van der Waals surface area contributed by atoms with E-state index in [1.165, 1.54) is 5.56 Å². The Balaban J connectivity index is 1.77. The SMILES string of the molecule is CC(C)(Br)C(=O)NC1CCN(Cc2ccccc2)CC1. The largest absolute Gasteiger partial charge is 0.352 e. The first-order valence-corrected chi connectivity index (χ1v) is 8.00. The molecular formula is C16H23BrN2O. The minimum Gasteiger partial charge on any atom is -0.352 e. The fourth-order valence-corrected chi connectivity index (χ4v) is 2.55. The summed E-state index contributed by atoms with van der Waals surface area (Å²) in [6.45, 7) is 6.86. The van der Waals surface area contributed by atoms with Crippen LogP contribution in [0, 0.1) is 0 Å². The molecule has 1 aliphatic heterocycles. The number of piperidine rings is 1. The van der Waals surface area contributed by atoms with Gasteiger partial charge in [-0.15, -0.1) is 0 Å². The van der Waals surface area contributed by atoms with Gasteiger partial charge in [0.1, 0.15) is 0 Å². The van der Waals surface area contributed by atoms with E-state index >= 15 is 0 Å². The van der Waals surface area contributed by atoms with Crippen molar-refractivity contribution < 1.29 is 4.79 Å². The number of carbonyl (C=O) groups excluding carboxylic acids is 1. The minimum absolute atomic E-state index is 0.0824. The molecule has 0 spiro atoms. The molecule has 0 aromatic heterocycles. The van der Waals surface area contributed by atoms with Crippen LogP contribution in [0.3, 0.4) is 0 Å². The third kappa shape index (κ3) is 4.60. The molecule has 0 unspecified atom stereocenters. The lowest BCUT2D eigenvalue weighted by Gasteiger charge is -2.33. The predicted molar refractivity (Wildman–Crippen MR) is 85.9 cm³/mol. The molecule has 0 atom stereocenters. The van der Waals surface area contributed by atoms with Crippen molar-refractivity contribution in [2.75, 3.05) is 13.1 Å². The van der Waals surface area contributed by atoms with Gasteiger partial charge in [0, 0.05) is 25.7 Å². The second kappa shape index (κ2) is 6.72. The number of nitrogens with one attached hydrogen (secondary N) is 1. The Hall–Kier alpha value is -0.870. The quantitative estimate of drug-likeness (QED) is 0.856. The predicted octanol–water partition coefficient (Wildman–Crippen LogP) is 2.94. The van der Waals surface area contributed by atoms with Crippen molar-refractivity contribution in [2.45, 2.75) is 43.6 Å². The van der Waals surface area contributed by atoms with Crippen LogP contribution in [0.4, 0.5) is 0 Å². The van der Waals surface area contributed by atoms with Crippen molar-refractivity contribution in [1.82, 2.24) is 10.2 Å². The van der Waals surface area contributed by atoms with Crippen LogP contribution in [-0.4, -0.2) is 34.3 Å². The van der Waals surface area contributed by atoms with Crippen molar-refractivity contribution >= 4 is 21.8 Å². The maximum atomic E-state index is 11.9. The summed E-state index contributed by atoms with van der Waals surface area (Å²) in [6.07, 6.45) is 2.06. The first-order valence-electron chi connectivity index (χ1n) is 7.21. The molecule has 1 saturated heterocycles. The van der Waals surface area contributed by atoms with E-state index < -0.39 is 4.32 Å². The number of nitrogens with zero attached hydrogens (tertiary/aromatic N) is 1. The van der Waals surface area contributed by atoms with Gasteiger partial charge in [0.05, 0.1) is 4.32 Å². The number of rotatable bonds is 4. The summed E-state index contributed by atoms with van der Waals surface area (Å²) in [4.78, 5) is 14.4. The molecule has 1 aliphatic rings. The summed E-state index contributed by atoms with van der Waals surface area (Å²) in [5.41, 5.74) is 1.36. The van der Waals surface area contributed by atoms with Crippen molar-refractivity contribution in [1.29, 1.82) is 0 Å². The lowest BCUT2D eigenvalue weighted by molar-refractivity contribution is -0.123. The molecule has 2 rings (SSSR count). The Kier molecular flexibility index (Phi) is 5.22. The van der Waals surface area contributed by atoms with Crippen molar-refractivity contribution in [3.05, 3.63) is 35.9 Å². The standard InChI is InChI=1S/C16H23BrN2O/c1-16(2,17)15(20)18-14-8-10-19(11-9-14)12-13-6-4-3-5-7-13/h3-7,14H,8-12H2,1-2H3,(H,18,20). The Morgan fingerprint density at radius 3 is 2.45 bits per heavy atom. The Morgan fingerprint density at radius 2 is 1.90 bits per heavy atom. The van der Waals surface area contributed by atoms with Gasteiger partial charge in [-0.05, 0) is 32.3 Å². The monoisotopic (exact) mass is 338 g/mol. The van der Waals surface area contributed by atoms with E-state index in [9.17, 15) is 4.79 Å². The highest BCUT2D eigenvalue weighted by Gasteiger charge is 2.27. The van der Waals surface area contributed by atoms with Gasteiger partial charge in [-0.3, -0.25) is 9.69 Å². The average Bonchev–Trinajstić information content (AvgIpc) is 2.41. The third-order valence-corrected chi connectivity index (χ3v) is 4.07. The first kappa shape index (κ1) is 15.5. The average molecular weight is 339 g/mol. The van der Waals surface area contributed by atoms with Crippen LogP contribution >= 0.6 is 15.9 Å². The van der Waals surface area contributed by atoms with Gasteiger partial charge in [0.2, 0.25) is 5.91 Å². The number of likely N-dealkylation sites (tertiary alicyclic amines) is 1. The highest BCUT2D eigenvalue weighted by molar-refractivity contribution is 9.10. The number of halogens is 1. The van der Waals surface area contributed by atoms with Crippen LogP contribution in [-0.2, 0) is 11.3 Å². The van der Waals surface area contributed by atoms with Crippen molar-refractivity contribution in [3.63, 3.8) is 0 Å². The Morgan fingerprint density at radius 1 is 1.30 bits per heavy atom. The molecule has 20 heavy (non-hydrogen) atoms. The van der Waals surface area contributed by atoms with E-state index in [0.29, 0.717) is 6.04 Å². The second-order valence-electron chi connectivity index (χ2n) is 5.98. The third-order valence-electron chi connectivity index (χ3n) is 3.71. The summed E-state index contributed by atoms with van der Waals surface area (Å²) in [6, 6.07) is 10.9. The Bertz CT molecular complexity index is 434. The van der Waals surface area contributed by atoms with Crippen LogP contribution in [0.15, 0.2) is 30.3 Å². The first-order chi connectivity index (χ1) is 9.45. The molecule has 1 amide bonds. The second-order valence-corrected chi connectivity index (χ2v) is 7.96. The van der Waals surface area contributed by atoms with Crippen molar-refractivity contribution in [3.8, 4) is 0 Å². The highest BCUT2D eigenvalue weighted by atomic mass is 79.9. The molecule has 0 aliphatic carbocycles. The van der Waals surface area contributed by atoms with E-state index in [-0.39, 0.29) is 5.91 Å². The smallest absolute Gasteiger partial charge is 0.236 e. The number of amides is 1. The molecular weight excluding hydrogens is 316 g/mol. The molecule has 0 bridgehead atoms. The van der Waals surface area contributed by atoms with Crippen LogP contribution < -0.4 is 5.32 Å². The Labute approximate surface area is 129 Å². The van der Waals surface area contributed by atoms with E-state index in [1.807, 2.05) is 19.9 Å². The van der Waals surface area contributed by atoms with Gasteiger partial charge >= 0.3 is 0 Å². The summed E-state index contributed by atoms with van der Waals surface area (Å²) in [5.74, 6) is 0.0824. The maximum absolute atomic E-state index is 11.9. The van der Waals surface area contributed by atoms with E-state index in [4.69, 9.17) is 0 Å². The molecule has 1 aromatic rings. The summed E-state index contributed by atoms with van der Waals surface area (Å²) in [7, 11) is 0. The zero-order valence-corrected chi connectivity index (χ0v) is 13.8. The highest BCUT2D eigenvalue weighted by Crippen LogP contribution is 2.18. The number of benzene rings is 1. The van der Waals surface area contributed by atoms with Crippen molar-refractivity contribution in [2.24, 2.45) is 0 Å². The van der Waals surface area contributed by atoms with Crippen LogP contribution in [0.1, 0.15) is 32.3 Å². The summed E-state index contributed by atoms with van der Waals surface area (Å²) in [5, 5.41) is 3.13. The number of carbonyl (C=O) groups is 1. The number of alkyl halides is 1. The summed E-state index contributed by atoms with van der Waals surface area (Å²) >= 11 is 3.40. The zero-order chi connectivity index (χ0) is 14.6. The molecule has 1 N–H and O–H groups in total. The van der Waals surface area contributed by atoms with Gasteiger partial charge in [-0.2, -0.15) is 0 Å². The van der Waals surface area contributed by atoms with Crippen LogP contribution in [0.2, 0.25) is 0 Å². The molecule has 1 fully saturated rings. The molecule has 1 heterocycles. The van der Waals surface area contributed by atoms with E-state index in [1.54, 1.807) is 0 Å². The summed E-state index contributed by atoms with van der Waals surface area (Å²) < 4.78 is -0.478. The molecule has 110 valence electrons. The van der Waals surface area contributed by atoms with Gasteiger partial charge < -0.3 is 5.32 Å². The molecule has 3 nitrogen and oxygen atoms in total. The number of hydrogen-bond donors (Lipinski definition) is 1. The lowest BCUT2D eigenvalue weighted by atomic mass is 10.0. The van der Waals surface area contributed by atoms with Gasteiger partial charge in [0.15, 0.2) is 0 Å². The van der Waals surface area contributed by atoms with Crippen LogP contribution in [0.5, 0.6) is 0 Å². The maximum Gasteiger partial charge on any atom is 0.236 e. The van der Waals surface area contributed by atoms with Crippen LogP contribution in [0.25, 0.3) is 0 Å². The van der Waals surface area contributed by atoms with E-state index in [2.05, 4.69) is 50.4 Å². The lowest BCUT2D eigenvalue weighted by Crippen LogP contribution is -2.48. The van der Waals surface area contributed by atoms with E-state index in [0.717, 1.165) is 32.5 Å². The zero-order valence-electron chi connectivity index (χ0n) is 12.2. The fraction of sp³-hybridized carbons (Fsp3) is 0.562. The molecule has 4 heteroatoms. The molecule has 0 saturated carbocycles. The van der Waals surface area contributed by atoms with Gasteiger partial charge in [0.25, 0.3) is 0 Å². The fourth-order valence-electron chi connectivity index (χ4n) is 2.43. The van der Waals surface area contributed by atoms with Gasteiger partial charge in [-0.1, -0.05) is 46.3 Å². The minimum atomic E-state index is -0.478. The molecule has 1 aromatic carbocycles. The molecule has 0 radical (unpaired) electrons. The topological polar surface area (TPSA) is 32.3 Å². The van der Waals surface area contributed by atoms with Gasteiger partial charge in [-0.25, -0.2) is 0 Å². The normalized spacial score (nSPS) is 17.9.